The van der Waals surface area contributed by atoms with Crippen molar-refractivity contribution in [3.8, 4) is 5.75 Å². The highest BCUT2D eigenvalue weighted by Crippen LogP contribution is 2.20. The molecule has 0 spiro atoms. The topological polar surface area (TPSA) is 75.6 Å². The van der Waals surface area contributed by atoms with Crippen LogP contribution in [0.4, 0.5) is 0 Å². The molecule has 0 fully saturated rings. The largest absolute Gasteiger partial charge is 0.494 e. The summed E-state index contributed by atoms with van der Waals surface area (Å²) in [6.07, 6.45) is 0.782. The Kier molecular flexibility index (Phi) is 5.85. The Morgan fingerprint density at radius 1 is 1.32 bits per heavy atom. The lowest BCUT2D eigenvalue weighted by Gasteiger charge is -2.16. The van der Waals surface area contributed by atoms with Gasteiger partial charge in [0.25, 0.3) is 0 Å². The number of nitrogens with one attached hydrogen (secondary N) is 1. The third kappa shape index (κ3) is 5.42. The van der Waals surface area contributed by atoms with Crippen LogP contribution in [-0.4, -0.2) is 23.6 Å². The number of ether oxygens (including phenoxy) is 1. The summed E-state index contributed by atoms with van der Waals surface area (Å²) in [5.74, 6) is -0.467. The molecular formula is C14H19NO4. The average molecular weight is 265 g/mol. The summed E-state index contributed by atoms with van der Waals surface area (Å²) in [4.78, 5) is 21.9. The average Bonchev–Trinajstić information content (AvgIpc) is 2.35. The van der Waals surface area contributed by atoms with Crippen LogP contribution < -0.4 is 10.1 Å². The van der Waals surface area contributed by atoms with Gasteiger partial charge in [-0.05, 0) is 24.1 Å². The van der Waals surface area contributed by atoms with Gasteiger partial charge in [0.2, 0.25) is 5.91 Å². The second kappa shape index (κ2) is 7.41. The van der Waals surface area contributed by atoms with Crippen LogP contribution in [0.5, 0.6) is 5.75 Å². The van der Waals surface area contributed by atoms with Crippen molar-refractivity contribution in [3.63, 3.8) is 0 Å². The monoisotopic (exact) mass is 265 g/mol. The maximum Gasteiger partial charge on any atom is 0.305 e. The lowest BCUT2D eigenvalue weighted by molar-refractivity contribution is -0.137. The van der Waals surface area contributed by atoms with Crippen LogP contribution in [0.1, 0.15) is 38.3 Å². The van der Waals surface area contributed by atoms with E-state index in [2.05, 4.69) is 5.32 Å². The number of carboxylic acid groups (broad SMARTS) is 1. The molecule has 5 nitrogen and oxygen atoms in total. The first-order valence-corrected chi connectivity index (χ1v) is 6.24. The molecule has 2 N–H and O–H groups in total. The van der Waals surface area contributed by atoms with E-state index in [0.29, 0.717) is 6.61 Å². The second-order valence-corrected chi connectivity index (χ2v) is 4.27. The SMILES string of the molecule is CCCOc1ccc([C@H](CC(=O)O)NC(C)=O)cc1. The standard InChI is InChI=1S/C14H19NO4/c1-3-8-19-12-6-4-11(5-7-12)13(9-14(17)18)15-10(2)16/h4-7,13H,3,8-9H2,1-2H3,(H,15,16)(H,17,18)/t13-/m0/s1. The summed E-state index contributed by atoms with van der Waals surface area (Å²) in [7, 11) is 0. The van der Waals surface area contributed by atoms with Gasteiger partial charge in [-0.15, -0.1) is 0 Å². The number of hydrogen-bond acceptors (Lipinski definition) is 3. The van der Waals surface area contributed by atoms with Crippen molar-refractivity contribution in [3.05, 3.63) is 29.8 Å². The summed E-state index contributed by atoms with van der Waals surface area (Å²) >= 11 is 0. The number of rotatable bonds is 7. The molecule has 0 aliphatic heterocycles. The number of benzene rings is 1. The molecule has 1 aromatic rings. The Morgan fingerprint density at radius 2 is 1.95 bits per heavy atom. The lowest BCUT2D eigenvalue weighted by Crippen LogP contribution is -2.27. The number of aliphatic carboxylic acids is 1. The molecule has 0 aromatic heterocycles. The van der Waals surface area contributed by atoms with E-state index in [9.17, 15) is 9.59 Å². The van der Waals surface area contributed by atoms with Crippen molar-refractivity contribution >= 4 is 11.9 Å². The summed E-state index contributed by atoms with van der Waals surface area (Å²) in [5, 5.41) is 11.5. The predicted octanol–water partition coefficient (Wildman–Crippen LogP) is 2.13. The van der Waals surface area contributed by atoms with Gasteiger partial charge < -0.3 is 15.2 Å². The first kappa shape index (κ1) is 15.0. The van der Waals surface area contributed by atoms with E-state index >= 15 is 0 Å². The van der Waals surface area contributed by atoms with E-state index in [-0.39, 0.29) is 12.3 Å². The van der Waals surface area contributed by atoms with Crippen LogP contribution in [0.3, 0.4) is 0 Å². The summed E-state index contributed by atoms with van der Waals surface area (Å²) in [5.41, 5.74) is 0.751. The van der Waals surface area contributed by atoms with Crippen LogP contribution in [0.2, 0.25) is 0 Å². The second-order valence-electron chi connectivity index (χ2n) is 4.27. The van der Waals surface area contributed by atoms with Gasteiger partial charge in [-0.25, -0.2) is 0 Å². The third-order valence-electron chi connectivity index (χ3n) is 2.51. The molecule has 0 saturated carbocycles. The summed E-state index contributed by atoms with van der Waals surface area (Å²) in [6, 6.07) is 6.59. The van der Waals surface area contributed by atoms with E-state index in [4.69, 9.17) is 9.84 Å². The highest BCUT2D eigenvalue weighted by molar-refractivity contribution is 5.75. The molecule has 1 amide bonds. The first-order valence-electron chi connectivity index (χ1n) is 6.24. The number of hydrogen-bond donors (Lipinski definition) is 2. The molecule has 1 atom stereocenters. The quantitative estimate of drug-likeness (QED) is 0.792. The zero-order chi connectivity index (χ0) is 14.3. The highest BCUT2D eigenvalue weighted by atomic mass is 16.5. The van der Waals surface area contributed by atoms with Crippen molar-refractivity contribution in [2.75, 3.05) is 6.61 Å². The molecule has 0 aliphatic rings. The number of carbonyl (C=O) groups is 2. The van der Waals surface area contributed by atoms with Gasteiger partial charge in [0, 0.05) is 6.92 Å². The first-order chi connectivity index (χ1) is 9.02. The Balaban J connectivity index is 2.77. The van der Waals surface area contributed by atoms with Gasteiger partial charge in [0.15, 0.2) is 0 Å². The Hall–Kier alpha value is -2.04. The zero-order valence-electron chi connectivity index (χ0n) is 11.2. The van der Waals surface area contributed by atoms with E-state index < -0.39 is 12.0 Å². The zero-order valence-corrected chi connectivity index (χ0v) is 11.2. The van der Waals surface area contributed by atoms with E-state index in [1.54, 1.807) is 24.3 Å². The fourth-order valence-corrected chi connectivity index (χ4v) is 1.69. The predicted molar refractivity (Wildman–Crippen MR) is 71.0 cm³/mol. The Bertz CT molecular complexity index is 412. The highest BCUT2D eigenvalue weighted by Gasteiger charge is 2.16. The maximum absolute atomic E-state index is 11.1. The minimum Gasteiger partial charge on any atom is -0.494 e. The van der Waals surface area contributed by atoms with E-state index in [0.717, 1.165) is 17.7 Å². The minimum atomic E-state index is -0.954. The normalized spacial score (nSPS) is 11.7. The number of amides is 1. The van der Waals surface area contributed by atoms with Gasteiger partial charge in [0.05, 0.1) is 19.1 Å². The summed E-state index contributed by atoms with van der Waals surface area (Å²) in [6.45, 7) is 4.03. The van der Waals surface area contributed by atoms with Crippen LogP contribution in [0.15, 0.2) is 24.3 Å². The van der Waals surface area contributed by atoms with Gasteiger partial charge in [-0.2, -0.15) is 0 Å². The smallest absolute Gasteiger partial charge is 0.305 e. The van der Waals surface area contributed by atoms with Gasteiger partial charge in [0.1, 0.15) is 5.75 Å². The van der Waals surface area contributed by atoms with Gasteiger partial charge in [-0.1, -0.05) is 19.1 Å². The van der Waals surface area contributed by atoms with Crippen LogP contribution in [0, 0.1) is 0 Å². The maximum atomic E-state index is 11.1. The number of carbonyl (C=O) groups excluding carboxylic acids is 1. The van der Waals surface area contributed by atoms with Crippen LogP contribution >= 0.6 is 0 Å². The molecule has 19 heavy (non-hydrogen) atoms. The van der Waals surface area contributed by atoms with Crippen molar-refractivity contribution < 1.29 is 19.4 Å². The van der Waals surface area contributed by atoms with Crippen molar-refractivity contribution in [1.82, 2.24) is 5.32 Å². The Morgan fingerprint density at radius 3 is 2.42 bits per heavy atom. The Labute approximate surface area is 112 Å². The molecule has 1 rings (SSSR count). The van der Waals surface area contributed by atoms with E-state index in [1.165, 1.54) is 6.92 Å². The molecular weight excluding hydrogens is 246 g/mol. The molecule has 5 heteroatoms. The number of carboxylic acids is 1. The fourth-order valence-electron chi connectivity index (χ4n) is 1.69. The van der Waals surface area contributed by atoms with Crippen LogP contribution in [0.25, 0.3) is 0 Å². The molecule has 0 heterocycles. The minimum absolute atomic E-state index is 0.144. The van der Waals surface area contributed by atoms with Crippen molar-refractivity contribution in [1.29, 1.82) is 0 Å². The van der Waals surface area contributed by atoms with E-state index in [1.807, 2.05) is 6.92 Å². The van der Waals surface area contributed by atoms with Crippen molar-refractivity contribution in [2.45, 2.75) is 32.7 Å². The van der Waals surface area contributed by atoms with Crippen molar-refractivity contribution in [2.24, 2.45) is 0 Å². The molecule has 0 bridgehead atoms. The van der Waals surface area contributed by atoms with Gasteiger partial charge in [-0.3, -0.25) is 9.59 Å². The molecule has 0 aliphatic carbocycles. The molecule has 0 radical (unpaired) electrons. The molecule has 1 aromatic carbocycles. The van der Waals surface area contributed by atoms with Gasteiger partial charge >= 0.3 is 5.97 Å². The summed E-state index contributed by atoms with van der Waals surface area (Å²) < 4.78 is 5.45. The fraction of sp³-hybridized carbons (Fsp3) is 0.429. The molecule has 0 saturated heterocycles. The molecule has 0 unspecified atom stereocenters. The lowest BCUT2D eigenvalue weighted by atomic mass is 10.0. The molecule has 104 valence electrons. The third-order valence-corrected chi connectivity index (χ3v) is 2.51. The van der Waals surface area contributed by atoms with Crippen LogP contribution in [-0.2, 0) is 9.59 Å².